The summed E-state index contributed by atoms with van der Waals surface area (Å²) in [5.74, 6) is 0.766. The van der Waals surface area contributed by atoms with E-state index in [1.807, 2.05) is 31.2 Å². The van der Waals surface area contributed by atoms with Gasteiger partial charge >= 0.3 is 0 Å². The van der Waals surface area contributed by atoms with Crippen LogP contribution in [0.2, 0.25) is 0 Å². The highest BCUT2D eigenvalue weighted by Gasteiger charge is 2.11. The average Bonchev–Trinajstić information content (AvgIpc) is 2.61. The molecule has 3 nitrogen and oxygen atoms in total. The Kier molecular flexibility index (Phi) is 2.77. The molecule has 1 aromatic heterocycles. The largest absolute Gasteiger partial charge is 0.423 e. The van der Waals surface area contributed by atoms with Gasteiger partial charge in [0.1, 0.15) is 0 Å². The number of hydrogen-bond donors (Lipinski definition) is 1. The number of oxazole rings is 1. The van der Waals surface area contributed by atoms with Crippen molar-refractivity contribution in [2.24, 2.45) is 0 Å². The van der Waals surface area contributed by atoms with Crippen LogP contribution in [0.1, 0.15) is 12.6 Å². The minimum atomic E-state index is 0.227. The predicted octanol–water partition coefficient (Wildman–Crippen LogP) is 3.25. The molecule has 1 heterocycles. The van der Waals surface area contributed by atoms with Crippen LogP contribution in [-0.2, 0) is 6.42 Å². The molecule has 0 unspecified atom stereocenters. The zero-order valence-corrected chi connectivity index (χ0v) is 9.91. The van der Waals surface area contributed by atoms with Crippen molar-refractivity contribution in [1.29, 1.82) is 0 Å². The van der Waals surface area contributed by atoms with E-state index in [4.69, 9.17) is 10.2 Å². The molecule has 15 heavy (non-hydrogen) atoms. The molecule has 0 amide bonds. The van der Waals surface area contributed by atoms with Crippen LogP contribution in [0.25, 0.3) is 11.3 Å². The second kappa shape index (κ2) is 4.06. The molecule has 0 aliphatic rings. The van der Waals surface area contributed by atoms with Crippen LogP contribution in [0.15, 0.2) is 33.2 Å². The van der Waals surface area contributed by atoms with Crippen molar-refractivity contribution in [2.45, 2.75) is 13.3 Å². The van der Waals surface area contributed by atoms with Gasteiger partial charge < -0.3 is 10.2 Å². The van der Waals surface area contributed by atoms with Crippen molar-refractivity contribution in [3.05, 3.63) is 34.4 Å². The highest BCUT2D eigenvalue weighted by atomic mass is 79.9. The van der Waals surface area contributed by atoms with Crippen LogP contribution in [0.4, 0.5) is 6.01 Å². The van der Waals surface area contributed by atoms with Gasteiger partial charge in [0.2, 0.25) is 0 Å². The molecule has 2 aromatic rings. The third-order valence-corrected chi connectivity index (χ3v) is 2.68. The molecule has 0 aliphatic carbocycles. The quantitative estimate of drug-likeness (QED) is 0.908. The minimum Gasteiger partial charge on any atom is -0.423 e. The van der Waals surface area contributed by atoms with Gasteiger partial charge in [0.15, 0.2) is 5.76 Å². The number of nitrogen functional groups attached to an aromatic ring is 1. The Morgan fingerprint density at radius 1 is 1.33 bits per heavy atom. The monoisotopic (exact) mass is 266 g/mol. The fourth-order valence-corrected chi connectivity index (χ4v) is 1.70. The summed E-state index contributed by atoms with van der Waals surface area (Å²) in [5.41, 5.74) is 7.43. The first-order valence-electron chi connectivity index (χ1n) is 4.72. The van der Waals surface area contributed by atoms with Gasteiger partial charge in [-0.15, -0.1) is 0 Å². The Morgan fingerprint density at radius 2 is 2.00 bits per heavy atom. The first kappa shape index (κ1) is 10.2. The van der Waals surface area contributed by atoms with Crippen LogP contribution < -0.4 is 5.73 Å². The van der Waals surface area contributed by atoms with E-state index < -0.39 is 0 Å². The van der Waals surface area contributed by atoms with Crippen molar-refractivity contribution in [3.8, 4) is 11.3 Å². The number of aryl methyl sites for hydroxylation is 1. The smallest absolute Gasteiger partial charge is 0.292 e. The molecule has 2 N–H and O–H groups in total. The molecule has 0 saturated carbocycles. The number of halogens is 1. The van der Waals surface area contributed by atoms with Gasteiger partial charge in [-0.25, -0.2) is 0 Å². The van der Waals surface area contributed by atoms with E-state index in [1.54, 1.807) is 0 Å². The zero-order valence-electron chi connectivity index (χ0n) is 8.33. The highest BCUT2D eigenvalue weighted by molar-refractivity contribution is 9.10. The van der Waals surface area contributed by atoms with Crippen molar-refractivity contribution in [3.63, 3.8) is 0 Å². The second-order valence-corrected chi connectivity index (χ2v) is 4.10. The topological polar surface area (TPSA) is 52.0 Å². The lowest BCUT2D eigenvalue weighted by Crippen LogP contribution is -1.85. The van der Waals surface area contributed by atoms with Crippen LogP contribution in [0.3, 0.4) is 0 Å². The van der Waals surface area contributed by atoms with Crippen LogP contribution in [0, 0.1) is 0 Å². The van der Waals surface area contributed by atoms with Crippen molar-refractivity contribution < 1.29 is 4.42 Å². The summed E-state index contributed by atoms with van der Waals surface area (Å²) in [6.45, 7) is 2.03. The van der Waals surface area contributed by atoms with E-state index in [2.05, 4.69) is 20.9 Å². The third kappa shape index (κ3) is 2.04. The molecular formula is C11H11BrN2O. The molecule has 0 atom stereocenters. The molecule has 0 saturated heterocycles. The normalized spacial score (nSPS) is 10.5. The molecule has 2 rings (SSSR count). The van der Waals surface area contributed by atoms with E-state index in [9.17, 15) is 0 Å². The first-order valence-corrected chi connectivity index (χ1v) is 5.51. The van der Waals surface area contributed by atoms with Gasteiger partial charge in [-0.3, -0.25) is 0 Å². The van der Waals surface area contributed by atoms with Gasteiger partial charge in [0.25, 0.3) is 6.01 Å². The first-order chi connectivity index (χ1) is 7.20. The molecule has 0 bridgehead atoms. The fourth-order valence-electron chi connectivity index (χ4n) is 1.44. The lowest BCUT2D eigenvalue weighted by Gasteiger charge is -1.98. The van der Waals surface area contributed by atoms with Crippen LogP contribution >= 0.6 is 15.9 Å². The lowest BCUT2D eigenvalue weighted by molar-refractivity contribution is 0.593. The fraction of sp³-hybridized carbons (Fsp3) is 0.182. The Bertz CT molecular complexity index is 462. The number of hydrogen-bond acceptors (Lipinski definition) is 3. The van der Waals surface area contributed by atoms with E-state index >= 15 is 0 Å². The van der Waals surface area contributed by atoms with E-state index in [0.29, 0.717) is 0 Å². The van der Waals surface area contributed by atoms with Gasteiger partial charge in [0.05, 0.1) is 5.69 Å². The maximum Gasteiger partial charge on any atom is 0.292 e. The van der Waals surface area contributed by atoms with Crippen molar-refractivity contribution in [1.82, 2.24) is 4.98 Å². The Balaban J connectivity index is 2.48. The molecule has 0 radical (unpaired) electrons. The standard InChI is InChI=1S/C11H11BrN2O/c1-2-9-10(15-11(13)14-9)7-3-5-8(12)6-4-7/h3-6H,2H2,1H3,(H2,13,14). The molecule has 0 spiro atoms. The SMILES string of the molecule is CCc1nc(N)oc1-c1ccc(Br)cc1. The molecule has 0 aliphatic heterocycles. The van der Waals surface area contributed by atoms with Crippen LogP contribution in [-0.4, -0.2) is 4.98 Å². The van der Waals surface area contributed by atoms with Crippen molar-refractivity contribution in [2.75, 3.05) is 5.73 Å². The minimum absolute atomic E-state index is 0.227. The molecule has 0 fully saturated rings. The van der Waals surface area contributed by atoms with Gasteiger partial charge in [-0.1, -0.05) is 35.0 Å². The van der Waals surface area contributed by atoms with Gasteiger partial charge in [0, 0.05) is 10.0 Å². The van der Waals surface area contributed by atoms with Crippen molar-refractivity contribution >= 4 is 21.9 Å². The Labute approximate surface area is 96.4 Å². The zero-order chi connectivity index (χ0) is 10.8. The van der Waals surface area contributed by atoms with E-state index in [1.165, 1.54) is 0 Å². The lowest BCUT2D eigenvalue weighted by atomic mass is 10.1. The highest BCUT2D eigenvalue weighted by Crippen LogP contribution is 2.27. The number of nitrogens with zero attached hydrogens (tertiary/aromatic N) is 1. The van der Waals surface area contributed by atoms with Gasteiger partial charge in [-0.05, 0) is 18.6 Å². The maximum atomic E-state index is 5.54. The Hall–Kier alpha value is -1.29. The molecule has 4 heteroatoms. The number of aromatic nitrogens is 1. The number of nitrogens with two attached hydrogens (primary N) is 1. The number of anilines is 1. The number of rotatable bonds is 2. The van der Waals surface area contributed by atoms with Gasteiger partial charge in [-0.2, -0.15) is 4.98 Å². The summed E-state index contributed by atoms with van der Waals surface area (Å²) in [6.07, 6.45) is 0.812. The summed E-state index contributed by atoms with van der Waals surface area (Å²) in [5, 5.41) is 0. The number of benzene rings is 1. The molecular weight excluding hydrogens is 256 g/mol. The summed E-state index contributed by atoms with van der Waals surface area (Å²) < 4.78 is 6.42. The molecule has 1 aromatic carbocycles. The predicted molar refractivity (Wildman–Crippen MR) is 63.4 cm³/mol. The Morgan fingerprint density at radius 3 is 2.60 bits per heavy atom. The summed E-state index contributed by atoms with van der Waals surface area (Å²) in [6, 6.07) is 8.11. The van der Waals surface area contributed by atoms with E-state index in [-0.39, 0.29) is 6.01 Å². The van der Waals surface area contributed by atoms with E-state index in [0.717, 1.165) is 27.9 Å². The second-order valence-electron chi connectivity index (χ2n) is 3.19. The third-order valence-electron chi connectivity index (χ3n) is 2.16. The maximum absolute atomic E-state index is 5.54. The average molecular weight is 267 g/mol. The summed E-state index contributed by atoms with van der Waals surface area (Å²) >= 11 is 3.39. The summed E-state index contributed by atoms with van der Waals surface area (Å²) in [4.78, 5) is 4.13. The summed E-state index contributed by atoms with van der Waals surface area (Å²) in [7, 11) is 0. The molecule has 78 valence electrons. The van der Waals surface area contributed by atoms with Crippen LogP contribution in [0.5, 0.6) is 0 Å².